The van der Waals surface area contributed by atoms with Gasteiger partial charge < -0.3 is 14.5 Å². The molecule has 0 saturated carbocycles. The number of carbonyl (C=O) groups is 1. The molecule has 5 heteroatoms. The van der Waals surface area contributed by atoms with Crippen LogP contribution in [0.1, 0.15) is 24.6 Å². The molecule has 19 heavy (non-hydrogen) atoms. The Bertz CT molecular complexity index is 383. The van der Waals surface area contributed by atoms with Gasteiger partial charge in [0.2, 0.25) is 5.91 Å². The van der Waals surface area contributed by atoms with Gasteiger partial charge in [0, 0.05) is 25.7 Å². The second-order valence-corrected chi connectivity index (χ2v) is 5.13. The van der Waals surface area contributed by atoms with Gasteiger partial charge in [-0.1, -0.05) is 0 Å². The predicted molar refractivity (Wildman–Crippen MR) is 71.7 cm³/mol. The lowest BCUT2D eigenvalue weighted by atomic mass is 9.99. The third-order valence-electron chi connectivity index (χ3n) is 3.56. The zero-order valence-corrected chi connectivity index (χ0v) is 11.6. The van der Waals surface area contributed by atoms with Crippen LogP contribution in [0.25, 0.3) is 0 Å². The van der Waals surface area contributed by atoms with E-state index in [4.69, 9.17) is 9.15 Å². The van der Waals surface area contributed by atoms with Crippen molar-refractivity contribution in [2.45, 2.75) is 18.9 Å². The van der Waals surface area contributed by atoms with E-state index in [9.17, 15) is 4.79 Å². The smallest absolute Gasteiger partial charge is 0.223 e. The van der Waals surface area contributed by atoms with E-state index in [1.54, 1.807) is 6.26 Å². The van der Waals surface area contributed by atoms with Gasteiger partial charge in [-0.15, -0.1) is 0 Å². The Morgan fingerprint density at radius 2 is 2.21 bits per heavy atom. The van der Waals surface area contributed by atoms with Crippen LogP contribution in [-0.2, 0) is 9.53 Å². The van der Waals surface area contributed by atoms with Gasteiger partial charge in [0.1, 0.15) is 5.76 Å². The van der Waals surface area contributed by atoms with Crippen LogP contribution in [0.2, 0.25) is 0 Å². The molecule has 0 bridgehead atoms. The molecule has 1 amide bonds. The summed E-state index contributed by atoms with van der Waals surface area (Å²) >= 11 is 0. The van der Waals surface area contributed by atoms with Crippen LogP contribution >= 0.6 is 0 Å². The van der Waals surface area contributed by atoms with Crippen molar-refractivity contribution >= 4 is 5.91 Å². The number of nitrogens with zero attached hydrogens (tertiary/aromatic N) is 1. The van der Waals surface area contributed by atoms with Gasteiger partial charge in [0.25, 0.3) is 0 Å². The van der Waals surface area contributed by atoms with E-state index in [0.717, 1.165) is 18.6 Å². The molecule has 0 aromatic carbocycles. The molecule has 1 atom stereocenters. The van der Waals surface area contributed by atoms with E-state index in [-0.39, 0.29) is 17.9 Å². The molecule has 1 saturated heterocycles. The molecule has 0 spiro atoms. The van der Waals surface area contributed by atoms with E-state index in [1.807, 2.05) is 31.1 Å². The monoisotopic (exact) mass is 266 g/mol. The average Bonchev–Trinajstić information content (AvgIpc) is 2.93. The molecule has 5 nitrogen and oxygen atoms in total. The molecule has 1 aliphatic heterocycles. The summed E-state index contributed by atoms with van der Waals surface area (Å²) in [4.78, 5) is 14.1. The average molecular weight is 266 g/mol. The molecule has 1 aliphatic rings. The zero-order chi connectivity index (χ0) is 13.7. The van der Waals surface area contributed by atoms with E-state index in [1.165, 1.54) is 0 Å². The van der Waals surface area contributed by atoms with Gasteiger partial charge in [-0.3, -0.25) is 9.69 Å². The summed E-state index contributed by atoms with van der Waals surface area (Å²) in [6, 6.07) is 3.87. The van der Waals surface area contributed by atoms with Crippen LogP contribution in [0.5, 0.6) is 0 Å². The Kier molecular flexibility index (Phi) is 4.99. The number of rotatable bonds is 5. The van der Waals surface area contributed by atoms with Crippen LogP contribution in [0.4, 0.5) is 0 Å². The second kappa shape index (κ2) is 6.73. The van der Waals surface area contributed by atoms with Crippen LogP contribution < -0.4 is 5.32 Å². The molecule has 2 heterocycles. The van der Waals surface area contributed by atoms with Gasteiger partial charge in [0.05, 0.1) is 12.3 Å². The predicted octanol–water partition coefficient (Wildman–Crippen LogP) is 1.43. The lowest BCUT2D eigenvalue weighted by Crippen LogP contribution is -2.39. The first-order valence-electron chi connectivity index (χ1n) is 6.73. The number of nitrogens with one attached hydrogen (secondary N) is 1. The molecule has 1 unspecified atom stereocenters. The fraction of sp³-hybridized carbons (Fsp3) is 0.643. The topological polar surface area (TPSA) is 54.7 Å². The van der Waals surface area contributed by atoms with Crippen molar-refractivity contribution in [1.82, 2.24) is 10.2 Å². The van der Waals surface area contributed by atoms with Crippen LogP contribution in [0.3, 0.4) is 0 Å². The Hall–Kier alpha value is -1.33. The SMILES string of the molecule is CN(C)C(CNC(=O)C1CCOCC1)c1ccco1. The lowest BCUT2D eigenvalue weighted by molar-refractivity contribution is -0.128. The first kappa shape index (κ1) is 14.1. The molecule has 1 aromatic rings. The maximum Gasteiger partial charge on any atom is 0.223 e. The minimum absolute atomic E-state index is 0.0683. The lowest BCUT2D eigenvalue weighted by Gasteiger charge is -2.25. The van der Waals surface area contributed by atoms with Gasteiger partial charge in [-0.25, -0.2) is 0 Å². The Balaban J connectivity index is 1.86. The standard InChI is InChI=1S/C14H22N2O3/c1-16(2)12(13-4-3-7-19-13)10-15-14(17)11-5-8-18-9-6-11/h3-4,7,11-12H,5-6,8-10H2,1-2H3,(H,15,17). The van der Waals surface area contributed by atoms with E-state index < -0.39 is 0 Å². The summed E-state index contributed by atoms with van der Waals surface area (Å²) in [6.45, 7) is 1.94. The molecule has 0 radical (unpaired) electrons. The van der Waals surface area contributed by atoms with Gasteiger partial charge >= 0.3 is 0 Å². The third-order valence-corrected chi connectivity index (χ3v) is 3.56. The van der Waals surface area contributed by atoms with Crippen molar-refractivity contribution in [3.05, 3.63) is 24.2 Å². The number of hydrogen-bond donors (Lipinski definition) is 1. The van der Waals surface area contributed by atoms with Crippen molar-refractivity contribution in [1.29, 1.82) is 0 Å². The van der Waals surface area contributed by atoms with E-state index in [0.29, 0.717) is 19.8 Å². The first-order chi connectivity index (χ1) is 9.18. The number of carbonyl (C=O) groups excluding carboxylic acids is 1. The van der Waals surface area contributed by atoms with Crippen molar-refractivity contribution in [2.75, 3.05) is 33.9 Å². The fourth-order valence-electron chi connectivity index (χ4n) is 2.32. The van der Waals surface area contributed by atoms with Crippen molar-refractivity contribution in [2.24, 2.45) is 5.92 Å². The normalized spacial score (nSPS) is 18.5. The highest BCUT2D eigenvalue weighted by Gasteiger charge is 2.23. The highest BCUT2D eigenvalue weighted by Crippen LogP contribution is 2.19. The van der Waals surface area contributed by atoms with Crippen LogP contribution in [0.15, 0.2) is 22.8 Å². The highest BCUT2D eigenvalue weighted by molar-refractivity contribution is 5.78. The number of amides is 1. The minimum Gasteiger partial charge on any atom is -0.468 e. The summed E-state index contributed by atoms with van der Waals surface area (Å²) in [6.07, 6.45) is 3.30. The molecule has 1 aromatic heterocycles. The van der Waals surface area contributed by atoms with Crippen LogP contribution in [0, 0.1) is 5.92 Å². The molecular weight excluding hydrogens is 244 g/mol. The first-order valence-corrected chi connectivity index (χ1v) is 6.73. The number of likely N-dealkylation sites (N-methyl/N-ethyl adjacent to an activating group) is 1. The Morgan fingerprint density at radius 3 is 2.79 bits per heavy atom. The maximum atomic E-state index is 12.1. The van der Waals surface area contributed by atoms with Gasteiger partial charge in [-0.2, -0.15) is 0 Å². The van der Waals surface area contributed by atoms with E-state index in [2.05, 4.69) is 5.32 Å². The quantitative estimate of drug-likeness (QED) is 0.876. The number of furan rings is 1. The third kappa shape index (κ3) is 3.81. The number of ether oxygens (including phenoxy) is 1. The highest BCUT2D eigenvalue weighted by atomic mass is 16.5. The zero-order valence-electron chi connectivity index (χ0n) is 11.6. The maximum absolute atomic E-state index is 12.1. The number of hydrogen-bond acceptors (Lipinski definition) is 4. The molecule has 1 fully saturated rings. The van der Waals surface area contributed by atoms with E-state index >= 15 is 0 Å². The summed E-state index contributed by atoms with van der Waals surface area (Å²) in [5.41, 5.74) is 0. The largest absolute Gasteiger partial charge is 0.468 e. The van der Waals surface area contributed by atoms with Crippen molar-refractivity contribution in [3.63, 3.8) is 0 Å². The molecule has 2 rings (SSSR count). The van der Waals surface area contributed by atoms with Crippen molar-refractivity contribution in [3.8, 4) is 0 Å². The Morgan fingerprint density at radius 1 is 1.47 bits per heavy atom. The molecule has 1 N–H and O–H groups in total. The van der Waals surface area contributed by atoms with Gasteiger partial charge in [-0.05, 0) is 39.1 Å². The van der Waals surface area contributed by atoms with Crippen LogP contribution in [-0.4, -0.2) is 44.7 Å². The summed E-state index contributed by atoms with van der Waals surface area (Å²) in [5, 5.41) is 3.03. The Labute approximate surface area is 113 Å². The molecule has 0 aliphatic carbocycles. The van der Waals surface area contributed by atoms with Gasteiger partial charge in [0.15, 0.2) is 0 Å². The minimum atomic E-state index is 0.0683. The second-order valence-electron chi connectivity index (χ2n) is 5.13. The summed E-state index contributed by atoms with van der Waals surface area (Å²) in [5.74, 6) is 1.09. The summed E-state index contributed by atoms with van der Waals surface area (Å²) < 4.78 is 10.7. The fourth-order valence-corrected chi connectivity index (χ4v) is 2.32. The summed E-state index contributed by atoms with van der Waals surface area (Å²) in [7, 11) is 3.96. The molecule has 106 valence electrons. The molecular formula is C14H22N2O3. The van der Waals surface area contributed by atoms with Crippen molar-refractivity contribution < 1.29 is 13.9 Å².